The van der Waals surface area contributed by atoms with Crippen LogP contribution in [0.5, 0.6) is 5.75 Å². The van der Waals surface area contributed by atoms with Gasteiger partial charge in [0.2, 0.25) is 5.91 Å². The van der Waals surface area contributed by atoms with Crippen molar-refractivity contribution in [3.05, 3.63) is 36.2 Å². The lowest BCUT2D eigenvalue weighted by Gasteiger charge is -2.20. The zero-order valence-corrected chi connectivity index (χ0v) is 12.0. The maximum absolute atomic E-state index is 12.2. The van der Waals surface area contributed by atoms with Gasteiger partial charge in [0.1, 0.15) is 18.1 Å². The van der Waals surface area contributed by atoms with E-state index in [-0.39, 0.29) is 5.91 Å². The molecule has 0 atom stereocenters. The van der Waals surface area contributed by atoms with E-state index in [9.17, 15) is 4.79 Å². The minimum Gasteiger partial charge on any atom is -0.485 e. The molecule has 1 aromatic heterocycles. The quantitative estimate of drug-likeness (QED) is 0.743. The van der Waals surface area contributed by atoms with Crippen LogP contribution in [0.2, 0.25) is 0 Å². The van der Waals surface area contributed by atoms with Crippen LogP contribution >= 0.6 is 0 Å². The standard InChI is InChI=1S/C15H18N4O2/c1-18-13-6-2-3-7-14(13)21-11-12-10-19(17-16-12)9-5-4-8-15(18)20/h2-3,6-7,10H,4-5,8-9,11H2,1H3. The molecule has 0 N–H and O–H groups in total. The third-order valence-electron chi connectivity index (χ3n) is 3.59. The number of aryl methyl sites for hydroxylation is 1. The van der Waals surface area contributed by atoms with Crippen LogP contribution in [-0.2, 0) is 17.9 Å². The highest BCUT2D eigenvalue weighted by Gasteiger charge is 2.16. The molecule has 0 unspecified atom stereocenters. The zero-order valence-electron chi connectivity index (χ0n) is 12.0. The van der Waals surface area contributed by atoms with Gasteiger partial charge in [-0.05, 0) is 25.0 Å². The second-order valence-electron chi connectivity index (χ2n) is 5.14. The normalized spacial score (nSPS) is 16.2. The average Bonchev–Trinajstić information content (AvgIpc) is 2.96. The molecule has 1 aliphatic heterocycles. The number of benzene rings is 1. The van der Waals surface area contributed by atoms with E-state index in [2.05, 4.69) is 10.3 Å². The summed E-state index contributed by atoms with van der Waals surface area (Å²) in [5.74, 6) is 0.783. The van der Waals surface area contributed by atoms with Crippen molar-refractivity contribution in [2.24, 2.45) is 0 Å². The molecule has 110 valence electrons. The first-order chi connectivity index (χ1) is 10.2. The lowest BCUT2D eigenvalue weighted by Crippen LogP contribution is -2.26. The summed E-state index contributed by atoms with van der Waals surface area (Å²) in [7, 11) is 1.79. The van der Waals surface area contributed by atoms with Crippen LogP contribution in [0, 0.1) is 0 Å². The van der Waals surface area contributed by atoms with Gasteiger partial charge in [0, 0.05) is 20.0 Å². The number of ether oxygens (including phenoxy) is 1. The number of carbonyl (C=O) groups excluding carboxylic acids is 1. The van der Waals surface area contributed by atoms with Gasteiger partial charge in [-0.25, -0.2) is 0 Å². The molecule has 0 saturated heterocycles. The van der Waals surface area contributed by atoms with Crippen LogP contribution in [0.1, 0.15) is 25.0 Å². The molecule has 0 fully saturated rings. The summed E-state index contributed by atoms with van der Waals surface area (Å²) >= 11 is 0. The summed E-state index contributed by atoms with van der Waals surface area (Å²) in [5.41, 5.74) is 1.58. The number of para-hydroxylation sites is 2. The molecule has 0 saturated carbocycles. The Kier molecular flexibility index (Phi) is 3.85. The molecular weight excluding hydrogens is 268 g/mol. The van der Waals surface area contributed by atoms with Gasteiger partial charge in [0.15, 0.2) is 0 Å². The SMILES string of the molecule is CN1C(=O)CCCCn2cc(nn2)COc2ccccc21. The Morgan fingerprint density at radius 3 is 3.00 bits per heavy atom. The second-order valence-corrected chi connectivity index (χ2v) is 5.14. The van der Waals surface area contributed by atoms with E-state index in [1.54, 1.807) is 16.6 Å². The molecule has 6 heteroatoms. The minimum absolute atomic E-state index is 0.101. The molecular formula is C15H18N4O2. The third kappa shape index (κ3) is 3.04. The van der Waals surface area contributed by atoms with E-state index in [1.165, 1.54) is 0 Å². The van der Waals surface area contributed by atoms with Crippen LogP contribution in [0.15, 0.2) is 30.5 Å². The topological polar surface area (TPSA) is 60.2 Å². The lowest BCUT2D eigenvalue weighted by molar-refractivity contribution is -0.118. The Bertz CT molecular complexity index is 638. The molecule has 2 aromatic rings. The molecule has 6 nitrogen and oxygen atoms in total. The molecule has 1 amide bonds. The Morgan fingerprint density at radius 1 is 1.24 bits per heavy atom. The van der Waals surface area contributed by atoms with Crippen molar-refractivity contribution in [1.29, 1.82) is 0 Å². The third-order valence-corrected chi connectivity index (χ3v) is 3.59. The van der Waals surface area contributed by atoms with Gasteiger partial charge in [-0.2, -0.15) is 0 Å². The lowest BCUT2D eigenvalue weighted by atomic mass is 10.2. The van der Waals surface area contributed by atoms with Crippen molar-refractivity contribution in [1.82, 2.24) is 15.0 Å². The number of carbonyl (C=O) groups is 1. The number of hydrogen-bond donors (Lipinski definition) is 0. The largest absolute Gasteiger partial charge is 0.485 e. The number of hydrogen-bond acceptors (Lipinski definition) is 4. The van der Waals surface area contributed by atoms with Crippen molar-refractivity contribution >= 4 is 11.6 Å². The number of aromatic nitrogens is 3. The number of anilines is 1. The summed E-state index contributed by atoms with van der Waals surface area (Å²) in [5, 5.41) is 8.17. The average molecular weight is 286 g/mol. The highest BCUT2D eigenvalue weighted by molar-refractivity contribution is 5.94. The first-order valence-corrected chi connectivity index (χ1v) is 7.11. The van der Waals surface area contributed by atoms with Gasteiger partial charge in [-0.3, -0.25) is 9.48 Å². The molecule has 1 aliphatic rings. The van der Waals surface area contributed by atoms with Gasteiger partial charge < -0.3 is 9.64 Å². The highest BCUT2D eigenvalue weighted by Crippen LogP contribution is 2.28. The number of rotatable bonds is 0. The Morgan fingerprint density at radius 2 is 2.10 bits per heavy atom. The van der Waals surface area contributed by atoms with Crippen molar-refractivity contribution in [2.75, 3.05) is 11.9 Å². The van der Waals surface area contributed by atoms with Gasteiger partial charge in [0.25, 0.3) is 0 Å². The van der Waals surface area contributed by atoms with Crippen molar-refractivity contribution in [3.8, 4) is 5.75 Å². The maximum atomic E-state index is 12.2. The van der Waals surface area contributed by atoms with Gasteiger partial charge in [0.05, 0.1) is 11.9 Å². The van der Waals surface area contributed by atoms with E-state index >= 15 is 0 Å². The first kappa shape index (κ1) is 13.6. The van der Waals surface area contributed by atoms with Crippen LogP contribution in [0.4, 0.5) is 5.69 Å². The van der Waals surface area contributed by atoms with Gasteiger partial charge in [-0.1, -0.05) is 17.3 Å². The van der Waals surface area contributed by atoms with Gasteiger partial charge in [-0.15, -0.1) is 5.10 Å². The van der Waals surface area contributed by atoms with E-state index in [0.717, 1.165) is 30.8 Å². The molecule has 3 rings (SSSR count). The Labute approximate surface area is 123 Å². The molecule has 0 radical (unpaired) electrons. The zero-order chi connectivity index (χ0) is 14.7. The highest BCUT2D eigenvalue weighted by atomic mass is 16.5. The summed E-state index contributed by atoms with van der Waals surface area (Å²) in [6, 6.07) is 7.55. The maximum Gasteiger partial charge on any atom is 0.226 e. The summed E-state index contributed by atoms with van der Waals surface area (Å²) < 4.78 is 7.61. The van der Waals surface area contributed by atoms with Crippen LogP contribution < -0.4 is 9.64 Å². The van der Waals surface area contributed by atoms with Gasteiger partial charge >= 0.3 is 0 Å². The molecule has 2 heterocycles. The minimum atomic E-state index is 0.101. The molecule has 0 aliphatic carbocycles. The van der Waals surface area contributed by atoms with Crippen LogP contribution in [0.3, 0.4) is 0 Å². The fourth-order valence-electron chi connectivity index (χ4n) is 2.37. The smallest absolute Gasteiger partial charge is 0.226 e. The van der Waals surface area contributed by atoms with Crippen LogP contribution in [-0.4, -0.2) is 27.9 Å². The van der Waals surface area contributed by atoms with Crippen molar-refractivity contribution in [2.45, 2.75) is 32.4 Å². The molecule has 21 heavy (non-hydrogen) atoms. The fraction of sp³-hybridized carbons (Fsp3) is 0.400. The van der Waals surface area contributed by atoms with Crippen molar-refractivity contribution in [3.63, 3.8) is 0 Å². The fourth-order valence-corrected chi connectivity index (χ4v) is 2.37. The Balaban J connectivity index is 1.90. The Hall–Kier alpha value is -2.37. The molecule has 2 bridgehead atoms. The molecule has 1 aromatic carbocycles. The monoisotopic (exact) mass is 286 g/mol. The van der Waals surface area contributed by atoms with E-state index in [0.29, 0.717) is 18.8 Å². The number of nitrogens with zero attached hydrogens (tertiary/aromatic N) is 4. The first-order valence-electron chi connectivity index (χ1n) is 7.11. The van der Waals surface area contributed by atoms with E-state index in [1.807, 2.05) is 30.5 Å². The van der Waals surface area contributed by atoms with E-state index in [4.69, 9.17) is 4.74 Å². The predicted molar refractivity (Wildman–Crippen MR) is 78.1 cm³/mol. The predicted octanol–water partition coefficient (Wildman–Crippen LogP) is 2.00. The van der Waals surface area contributed by atoms with E-state index < -0.39 is 0 Å². The second kappa shape index (κ2) is 5.95. The van der Waals surface area contributed by atoms with Crippen LogP contribution in [0.25, 0.3) is 0 Å². The summed E-state index contributed by atoms with van der Waals surface area (Å²) in [6.07, 6.45) is 4.16. The van der Waals surface area contributed by atoms with Crippen molar-refractivity contribution < 1.29 is 9.53 Å². The summed E-state index contributed by atoms with van der Waals surface area (Å²) in [6.45, 7) is 1.12. The summed E-state index contributed by atoms with van der Waals surface area (Å²) in [4.78, 5) is 13.9. The number of amides is 1. The number of fused-ring (bicyclic) bond motifs is 3. The molecule has 0 spiro atoms.